The molecular formula is C28H42O3. The van der Waals surface area contributed by atoms with Gasteiger partial charge in [-0.25, -0.2) is 0 Å². The molecule has 0 aliphatic heterocycles. The van der Waals surface area contributed by atoms with Crippen LogP contribution in [0, 0.1) is 0 Å². The van der Waals surface area contributed by atoms with Crippen LogP contribution in [0.15, 0.2) is 48.5 Å². The van der Waals surface area contributed by atoms with Gasteiger partial charge in [-0.1, -0.05) is 83.6 Å². The van der Waals surface area contributed by atoms with Crippen molar-refractivity contribution in [3.05, 3.63) is 59.7 Å². The Hall–Kier alpha value is -2.00. The Balaban J connectivity index is 1.57. The summed E-state index contributed by atoms with van der Waals surface area (Å²) in [5.74, 6) is 1.24. The van der Waals surface area contributed by atoms with Crippen LogP contribution in [0.4, 0.5) is 0 Å². The first-order valence-electron chi connectivity index (χ1n) is 12.1. The van der Waals surface area contributed by atoms with Crippen LogP contribution in [0.2, 0.25) is 0 Å². The lowest BCUT2D eigenvalue weighted by molar-refractivity contribution is 0.126. The number of benzene rings is 2. The zero-order valence-electron chi connectivity index (χ0n) is 19.9. The summed E-state index contributed by atoms with van der Waals surface area (Å²) in [6.45, 7) is 9.26. The first-order valence-corrected chi connectivity index (χ1v) is 12.1. The number of hydrogen-bond donors (Lipinski definition) is 1. The maximum absolute atomic E-state index is 9.53. The summed E-state index contributed by atoms with van der Waals surface area (Å²) in [5, 5.41) is 9.53. The van der Waals surface area contributed by atoms with Crippen molar-refractivity contribution < 1.29 is 14.6 Å². The topological polar surface area (TPSA) is 38.7 Å². The van der Waals surface area contributed by atoms with Crippen molar-refractivity contribution in [1.82, 2.24) is 0 Å². The van der Waals surface area contributed by atoms with E-state index in [1.165, 1.54) is 62.5 Å². The number of phenolic OH excluding ortho intramolecular Hbond substituents is 1. The molecule has 31 heavy (non-hydrogen) atoms. The first kappa shape index (κ1) is 25.3. The average Bonchev–Trinajstić information content (AvgIpc) is 2.77. The van der Waals surface area contributed by atoms with Crippen LogP contribution in [-0.2, 0) is 10.2 Å². The molecule has 2 rings (SSSR count). The van der Waals surface area contributed by atoms with Crippen LogP contribution in [0.3, 0.4) is 0 Å². The average molecular weight is 427 g/mol. The molecule has 0 aliphatic carbocycles. The van der Waals surface area contributed by atoms with Gasteiger partial charge in [-0.15, -0.1) is 0 Å². The van der Waals surface area contributed by atoms with Crippen molar-refractivity contribution in [2.45, 2.75) is 84.0 Å². The summed E-state index contributed by atoms with van der Waals surface area (Å²) in [5.41, 5.74) is 2.30. The lowest BCUT2D eigenvalue weighted by Crippen LogP contribution is -2.18. The molecule has 0 atom stereocenters. The van der Waals surface area contributed by atoms with Gasteiger partial charge in [-0.3, -0.25) is 0 Å². The fraction of sp³-hybridized carbons (Fsp3) is 0.571. The Labute approximate surface area is 189 Å². The maximum atomic E-state index is 9.53. The smallest absolute Gasteiger partial charge is 0.119 e. The highest BCUT2D eigenvalue weighted by molar-refractivity contribution is 5.41. The van der Waals surface area contributed by atoms with Gasteiger partial charge >= 0.3 is 0 Å². The number of ether oxygens (including phenoxy) is 2. The van der Waals surface area contributed by atoms with Crippen molar-refractivity contribution in [2.75, 3.05) is 19.8 Å². The summed E-state index contributed by atoms with van der Waals surface area (Å²) in [6, 6.07) is 15.9. The summed E-state index contributed by atoms with van der Waals surface area (Å²) < 4.78 is 11.6. The van der Waals surface area contributed by atoms with Gasteiger partial charge in [-0.05, 0) is 54.7 Å². The van der Waals surface area contributed by atoms with Crippen molar-refractivity contribution in [3.63, 3.8) is 0 Å². The second kappa shape index (κ2) is 14.1. The number of phenols is 1. The third-order valence-electron chi connectivity index (χ3n) is 6.01. The molecule has 0 spiro atoms. The van der Waals surface area contributed by atoms with E-state index < -0.39 is 0 Å². The van der Waals surface area contributed by atoms with Gasteiger partial charge in [0.1, 0.15) is 11.5 Å². The molecule has 2 aromatic rings. The van der Waals surface area contributed by atoms with Crippen LogP contribution in [0.25, 0.3) is 0 Å². The van der Waals surface area contributed by atoms with Gasteiger partial charge in [-0.2, -0.15) is 0 Å². The lowest BCUT2D eigenvalue weighted by Gasteiger charge is -2.26. The second-order valence-electron chi connectivity index (χ2n) is 8.99. The third-order valence-corrected chi connectivity index (χ3v) is 6.01. The highest BCUT2D eigenvalue weighted by Crippen LogP contribution is 2.33. The van der Waals surface area contributed by atoms with E-state index in [0.29, 0.717) is 5.75 Å². The van der Waals surface area contributed by atoms with Gasteiger partial charge in [0.15, 0.2) is 0 Å². The minimum atomic E-state index is -0.118. The molecule has 0 saturated heterocycles. The SMILES string of the molecule is CCCCCOCCCCCCCCOc1ccc(C(C)(C)c2ccc(O)cc2)cc1. The van der Waals surface area contributed by atoms with Crippen LogP contribution in [0.1, 0.15) is 89.7 Å². The molecule has 0 amide bonds. The molecule has 0 heterocycles. The summed E-state index contributed by atoms with van der Waals surface area (Å²) in [7, 11) is 0. The van der Waals surface area contributed by atoms with E-state index in [9.17, 15) is 5.11 Å². The predicted octanol–water partition coefficient (Wildman–Crippen LogP) is 7.64. The van der Waals surface area contributed by atoms with Crippen LogP contribution >= 0.6 is 0 Å². The van der Waals surface area contributed by atoms with E-state index in [4.69, 9.17) is 9.47 Å². The molecule has 0 saturated carbocycles. The molecule has 0 bridgehead atoms. The maximum Gasteiger partial charge on any atom is 0.119 e. The molecule has 3 nitrogen and oxygen atoms in total. The van der Waals surface area contributed by atoms with Gasteiger partial charge in [0.25, 0.3) is 0 Å². The number of rotatable bonds is 16. The minimum Gasteiger partial charge on any atom is -0.508 e. The van der Waals surface area contributed by atoms with E-state index in [0.717, 1.165) is 32.0 Å². The van der Waals surface area contributed by atoms with E-state index in [2.05, 4.69) is 45.0 Å². The van der Waals surface area contributed by atoms with Gasteiger partial charge < -0.3 is 14.6 Å². The Morgan fingerprint density at radius 1 is 0.645 bits per heavy atom. The predicted molar refractivity (Wildman–Crippen MR) is 130 cm³/mol. The summed E-state index contributed by atoms with van der Waals surface area (Å²) in [4.78, 5) is 0. The Bertz CT molecular complexity index is 704. The number of hydrogen-bond acceptors (Lipinski definition) is 3. The monoisotopic (exact) mass is 426 g/mol. The Kier molecular flexibility index (Phi) is 11.5. The van der Waals surface area contributed by atoms with Gasteiger partial charge in [0.05, 0.1) is 6.61 Å². The number of aromatic hydroxyl groups is 1. The standard InChI is InChI=1S/C28H42O3/c1-4-5-10-21-30-22-11-8-6-7-9-12-23-31-27-19-15-25(16-20-27)28(2,3)24-13-17-26(29)18-14-24/h13-20,29H,4-12,21-23H2,1-3H3. The normalized spacial score (nSPS) is 11.6. The number of unbranched alkanes of at least 4 members (excludes halogenated alkanes) is 7. The van der Waals surface area contributed by atoms with Crippen molar-refractivity contribution in [2.24, 2.45) is 0 Å². The van der Waals surface area contributed by atoms with Crippen LogP contribution in [0.5, 0.6) is 11.5 Å². The molecule has 0 unspecified atom stereocenters. The largest absolute Gasteiger partial charge is 0.508 e. The third kappa shape index (κ3) is 9.35. The molecule has 1 N–H and O–H groups in total. The molecule has 0 fully saturated rings. The molecule has 0 radical (unpaired) electrons. The van der Waals surface area contributed by atoms with Gasteiger partial charge in [0, 0.05) is 18.6 Å². The fourth-order valence-electron chi connectivity index (χ4n) is 3.77. The van der Waals surface area contributed by atoms with Crippen LogP contribution in [-0.4, -0.2) is 24.9 Å². The lowest BCUT2D eigenvalue weighted by atomic mass is 9.78. The second-order valence-corrected chi connectivity index (χ2v) is 8.99. The molecule has 3 heteroatoms. The Morgan fingerprint density at radius 2 is 1.13 bits per heavy atom. The highest BCUT2D eigenvalue weighted by atomic mass is 16.5. The van der Waals surface area contributed by atoms with Crippen molar-refractivity contribution in [3.8, 4) is 11.5 Å². The van der Waals surface area contributed by atoms with Crippen LogP contribution < -0.4 is 4.74 Å². The van der Waals surface area contributed by atoms with E-state index >= 15 is 0 Å². The highest BCUT2D eigenvalue weighted by Gasteiger charge is 2.22. The van der Waals surface area contributed by atoms with E-state index in [-0.39, 0.29) is 5.41 Å². The quantitative estimate of drug-likeness (QED) is 0.280. The summed E-state index contributed by atoms with van der Waals surface area (Å²) >= 11 is 0. The molecule has 0 aromatic heterocycles. The molecule has 0 aliphatic rings. The minimum absolute atomic E-state index is 0.118. The molecular weight excluding hydrogens is 384 g/mol. The first-order chi connectivity index (χ1) is 15.0. The van der Waals surface area contributed by atoms with Crippen molar-refractivity contribution >= 4 is 0 Å². The fourth-order valence-corrected chi connectivity index (χ4v) is 3.77. The Morgan fingerprint density at radius 3 is 1.71 bits per heavy atom. The van der Waals surface area contributed by atoms with E-state index in [1.54, 1.807) is 12.1 Å². The molecule has 172 valence electrons. The van der Waals surface area contributed by atoms with Gasteiger partial charge in [0.2, 0.25) is 0 Å². The zero-order valence-corrected chi connectivity index (χ0v) is 19.9. The zero-order chi connectivity index (χ0) is 22.4. The molecule has 2 aromatic carbocycles. The summed E-state index contributed by atoms with van der Waals surface area (Å²) in [6.07, 6.45) is 11.1. The van der Waals surface area contributed by atoms with E-state index in [1.807, 2.05) is 12.1 Å². The van der Waals surface area contributed by atoms with Crippen molar-refractivity contribution in [1.29, 1.82) is 0 Å².